The lowest BCUT2D eigenvalue weighted by atomic mass is 10.2. The molecule has 0 aliphatic carbocycles. The maximum atomic E-state index is 12.6. The van der Waals surface area contributed by atoms with Crippen molar-refractivity contribution in [3.05, 3.63) is 29.6 Å². The van der Waals surface area contributed by atoms with Crippen LogP contribution in [-0.4, -0.2) is 20.4 Å². The van der Waals surface area contributed by atoms with Crippen molar-refractivity contribution in [2.75, 3.05) is 6.26 Å². The van der Waals surface area contributed by atoms with E-state index in [1.54, 1.807) is 12.5 Å². The first-order valence-electron chi connectivity index (χ1n) is 6.03. The first kappa shape index (κ1) is 15.2. The van der Waals surface area contributed by atoms with Crippen LogP contribution in [0.4, 0.5) is 0 Å². The molecule has 0 saturated carbocycles. The van der Waals surface area contributed by atoms with E-state index in [9.17, 15) is 4.21 Å². The lowest BCUT2D eigenvalue weighted by Gasteiger charge is -2.14. The summed E-state index contributed by atoms with van der Waals surface area (Å²) in [6.07, 6.45) is 5.08. The minimum absolute atomic E-state index is 0.166. The Balaban J connectivity index is 3.01. The van der Waals surface area contributed by atoms with Gasteiger partial charge in [-0.05, 0) is 31.9 Å². The number of aryl methyl sites for hydroxylation is 1. The molecule has 2 unspecified atom stereocenters. The standard InChI is InChI=1S/C13H20N2OS2/c1-5-6-13(17)15-18(4,16)11(3)12-8-7-10(2)14-9-12/h7-9,11H,5-6H2,1-4H3. The Morgan fingerprint density at radius 1 is 1.56 bits per heavy atom. The topological polar surface area (TPSA) is 42.3 Å². The Morgan fingerprint density at radius 2 is 2.22 bits per heavy atom. The number of nitrogens with zero attached hydrogens (tertiary/aromatic N) is 2. The highest BCUT2D eigenvalue weighted by Crippen LogP contribution is 2.22. The van der Waals surface area contributed by atoms with Crippen LogP contribution in [0.15, 0.2) is 22.7 Å². The van der Waals surface area contributed by atoms with Gasteiger partial charge in [0, 0.05) is 24.6 Å². The third-order valence-corrected chi connectivity index (χ3v) is 5.38. The molecule has 0 radical (unpaired) electrons. The molecule has 1 heterocycles. The molecule has 0 saturated heterocycles. The van der Waals surface area contributed by atoms with E-state index in [4.69, 9.17) is 12.2 Å². The Labute approximate surface area is 115 Å². The van der Waals surface area contributed by atoms with Gasteiger partial charge in [0.15, 0.2) is 0 Å². The average Bonchev–Trinajstić information content (AvgIpc) is 2.28. The normalized spacial score (nSPS) is 15.8. The summed E-state index contributed by atoms with van der Waals surface area (Å²) in [7, 11) is -2.35. The fourth-order valence-corrected chi connectivity index (χ4v) is 3.46. The molecular formula is C13H20N2OS2. The molecule has 0 amide bonds. The molecule has 1 aromatic heterocycles. The molecule has 0 aromatic carbocycles. The van der Waals surface area contributed by atoms with Gasteiger partial charge in [-0.1, -0.05) is 25.2 Å². The van der Waals surface area contributed by atoms with E-state index in [0.29, 0.717) is 4.99 Å². The summed E-state index contributed by atoms with van der Waals surface area (Å²) >= 11 is 5.13. The monoisotopic (exact) mass is 284 g/mol. The molecule has 0 bridgehead atoms. The molecule has 0 aliphatic rings. The van der Waals surface area contributed by atoms with E-state index in [2.05, 4.69) is 9.35 Å². The van der Waals surface area contributed by atoms with Crippen molar-refractivity contribution in [1.29, 1.82) is 0 Å². The third-order valence-electron chi connectivity index (χ3n) is 2.81. The molecule has 1 rings (SSSR count). The summed E-state index contributed by atoms with van der Waals surface area (Å²) in [4.78, 5) is 4.78. The molecule has 0 fully saturated rings. The summed E-state index contributed by atoms with van der Waals surface area (Å²) in [6, 6.07) is 3.88. The van der Waals surface area contributed by atoms with Crippen LogP contribution in [0.1, 0.15) is 43.2 Å². The zero-order chi connectivity index (χ0) is 13.8. The molecule has 2 atom stereocenters. The van der Waals surface area contributed by atoms with Crippen LogP contribution in [0.5, 0.6) is 0 Å². The summed E-state index contributed by atoms with van der Waals surface area (Å²) in [5, 5.41) is -0.166. The Kier molecular flexibility index (Phi) is 5.41. The zero-order valence-electron chi connectivity index (χ0n) is 11.3. The van der Waals surface area contributed by atoms with Crippen molar-refractivity contribution in [3.8, 4) is 0 Å². The van der Waals surface area contributed by atoms with Crippen LogP contribution >= 0.6 is 12.2 Å². The lowest BCUT2D eigenvalue weighted by Crippen LogP contribution is -2.10. The van der Waals surface area contributed by atoms with Crippen LogP contribution in [-0.2, 0) is 9.73 Å². The van der Waals surface area contributed by atoms with Gasteiger partial charge >= 0.3 is 0 Å². The maximum absolute atomic E-state index is 12.6. The molecule has 0 aliphatic heterocycles. The van der Waals surface area contributed by atoms with Gasteiger partial charge in [0.1, 0.15) is 4.99 Å². The van der Waals surface area contributed by atoms with Crippen molar-refractivity contribution in [2.24, 2.45) is 4.36 Å². The second-order valence-electron chi connectivity index (χ2n) is 4.47. The number of aromatic nitrogens is 1. The van der Waals surface area contributed by atoms with Gasteiger partial charge in [-0.15, -0.1) is 0 Å². The third kappa shape index (κ3) is 4.14. The Morgan fingerprint density at radius 3 is 2.72 bits per heavy atom. The van der Waals surface area contributed by atoms with Crippen molar-refractivity contribution in [2.45, 2.75) is 38.9 Å². The van der Waals surface area contributed by atoms with Gasteiger partial charge < -0.3 is 0 Å². The first-order chi connectivity index (χ1) is 8.36. The highest BCUT2D eigenvalue weighted by Gasteiger charge is 2.16. The van der Waals surface area contributed by atoms with Crippen LogP contribution < -0.4 is 0 Å². The predicted molar refractivity (Wildman–Crippen MR) is 81.4 cm³/mol. The van der Waals surface area contributed by atoms with E-state index >= 15 is 0 Å². The van der Waals surface area contributed by atoms with Crippen LogP contribution in [0, 0.1) is 6.92 Å². The smallest absolute Gasteiger partial charge is 0.113 e. The fraction of sp³-hybridized carbons (Fsp3) is 0.538. The first-order valence-corrected chi connectivity index (χ1v) is 8.42. The highest BCUT2D eigenvalue weighted by atomic mass is 32.2. The largest absolute Gasteiger partial charge is 0.261 e. The number of rotatable bonds is 4. The van der Waals surface area contributed by atoms with E-state index < -0.39 is 9.73 Å². The predicted octanol–water partition coefficient (Wildman–Crippen LogP) is 3.68. The maximum Gasteiger partial charge on any atom is 0.113 e. The summed E-state index contributed by atoms with van der Waals surface area (Å²) in [5.74, 6) is 0. The van der Waals surface area contributed by atoms with Crippen LogP contribution in [0.3, 0.4) is 0 Å². The van der Waals surface area contributed by atoms with E-state index in [1.165, 1.54) is 0 Å². The van der Waals surface area contributed by atoms with Gasteiger partial charge in [-0.25, -0.2) is 4.21 Å². The van der Waals surface area contributed by atoms with E-state index in [0.717, 1.165) is 24.1 Å². The molecule has 1 aromatic rings. The molecule has 5 heteroatoms. The molecule has 0 N–H and O–H groups in total. The molecule has 3 nitrogen and oxygen atoms in total. The number of thiocarbonyl (C=S) groups is 1. The number of pyridine rings is 1. The van der Waals surface area contributed by atoms with Crippen molar-refractivity contribution < 1.29 is 4.21 Å². The molecule has 0 spiro atoms. The van der Waals surface area contributed by atoms with Crippen LogP contribution in [0.2, 0.25) is 0 Å². The minimum atomic E-state index is -2.35. The Bertz CT molecular complexity index is 528. The average molecular weight is 284 g/mol. The molecule has 100 valence electrons. The minimum Gasteiger partial charge on any atom is -0.261 e. The van der Waals surface area contributed by atoms with Gasteiger partial charge in [0.05, 0.1) is 15.0 Å². The fourth-order valence-electron chi connectivity index (χ4n) is 1.51. The number of hydrogen-bond donors (Lipinski definition) is 0. The van der Waals surface area contributed by atoms with Crippen molar-refractivity contribution in [3.63, 3.8) is 0 Å². The zero-order valence-corrected chi connectivity index (χ0v) is 13.0. The van der Waals surface area contributed by atoms with Crippen molar-refractivity contribution in [1.82, 2.24) is 4.98 Å². The van der Waals surface area contributed by atoms with Gasteiger partial charge in [-0.2, -0.15) is 4.36 Å². The van der Waals surface area contributed by atoms with Gasteiger partial charge in [0.25, 0.3) is 0 Å². The molecular weight excluding hydrogens is 264 g/mol. The van der Waals surface area contributed by atoms with E-state index in [1.807, 2.05) is 32.9 Å². The Hall–Kier alpha value is -0.810. The van der Waals surface area contributed by atoms with Crippen molar-refractivity contribution >= 4 is 26.9 Å². The second kappa shape index (κ2) is 6.38. The summed E-state index contributed by atoms with van der Waals surface area (Å²) < 4.78 is 16.8. The SMILES string of the molecule is CCCC(=S)N=S(C)(=O)C(C)c1ccc(C)nc1. The number of hydrogen-bond acceptors (Lipinski definition) is 3. The summed E-state index contributed by atoms with van der Waals surface area (Å²) in [6.45, 7) is 5.87. The quantitative estimate of drug-likeness (QED) is 0.792. The highest BCUT2D eigenvalue weighted by molar-refractivity contribution is 7.94. The summed E-state index contributed by atoms with van der Waals surface area (Å²) in [5.41, 5.74) is 1.89. The van der Waals surface area contributed by atoms with Gasteiger partial charge in [-0.3, -0.25) is 4.98 Å². The van der Waals surface area contributed by atoms with Gasteiger partial charge in [0.2, 0.25) is 0 Å². The van der Waals surface area contributed by atoms with Crippen LogP contribution in [0.25, 0.3) is 0 Å². The lowest BCUT2D eigenvalue weighted by molar-refractivity contribution is 0.673. The van der Waals surface area contributed by atoms with E-state index in [-0.39, 0.29) is 5.25 Å². The molecule has 18 heavy (non-hydrogen) atoms. The second-order valence-corrected chi connectivity index (χ2v) is 7.55.